The molecule has 0 radical (unpaired) electrons. The summed E-state index contributed by atoms with van der Waals surface area (Å²) in [5, 5.41) is 11.6. The Hall–Kier alpha value is -2.34. The third-order valence-electron chi connectivity index (χ3n) is 3.89. The number of aliphatic carboxylic acids is 1. The highest BCUT2D eigenvalue weighted by Gasteiger charge is 2.20. The standard InChI is InChI=1S/C18H22ClN3O3/c1-2-3-6-14(13-7-4-5-8-15(13)19)18-21-10-12(22-18)9-16(23)20-11-17(24)25/h4-5,7-8,10,14H,2-3,6,9,11H2,1H3,(H,20,23)(H,21,22)(H,24,25). The second kappa shape index (κ2) is 9.22. The van der Waals surface area contributed by atoms with Crippen LogP contribution in [0.4, 0.5) is 0 Å². The lowest BCUT2D eigenvalue weighted by molar-refractivity contribution is -0.137. The van der Waals surface area contributed by atoms with Crippen molar-refractivity contribution in [3.8, 4) is 0 Å². The zero-order valence-electron chi connectivity index (χ0n) is 14.1. The topological polar surface area (TPSA) is 95.1 Å². The Morgan fingerprint density at radius 2 is 2.12 bits per heavy atom. The normalized spacial score (nSPS) is 11.9. The van der Waals surface area contributed by atoms with Crippen LogP contribution in [0.25, 0.3) is 0 Å². The van der Waals surface area contributed by atoms with Crippen molar-refractivity contribution in [2.45, 2.75) is 38.5 Å². The molecule has 1 amide bonds. The average molecular weight is 364 g/mol. The zero-order chi connectivity index (χ0) is 18.2. The van der Waals surface area contributed by atoms with Gasteiger partial charge < -0.3 is 15.4 Å². The van der Waals surface area contributed by atoms with Gasteiger partial charge in [-0.05, 0) is 18.1 Å². The van der Waals surface area contributed by atoms with Gasteiger partial charge in [0, 0.05) is 22.8 Å². The van der Waals surface area contributed by atoms with Crippen LogP contribution >= 0.6 is 11.6 Å². The number of amides is 1. The molecule has 2 rings (SSSR count). The molecule has 0 fully saturated rings. The Labute approximate surface area is 151 Å². The van der Waals surface area contributed by atoms with Crippen LogP contribution in [0.3, 0.4) is 0 Å². The van der Waals surface area contributed by atoms with Crippen molar-refractivity contribution in [2.75, 3.05) is 6.54 Å². The molecule has 7 heteroatoms. The number of hydrogen-bond donors (Lipinski definition) is 3. The Morgan fingerprint density at radius 1 is 1.36 bits per heavy atom. The molecule has 0 aliphatic heterocycles. The summed E-state index contributed by atoms with van der Waals surface area (Å²) in [4.78, 5) is 29.9. The number of carbonyl (C=O) groups is 2. The Bertz CT molecular complexity index is 730. The van der Waals surface area contributed by atoms with Crippen LogP contribution in [0.2, 0.25) is 5.02 Å². The van der Waals surface area contributed by atoms with Crippen LogP contribution in [0, 0.1) is 0 Å². The molecular weight excluding hydrogens is 342 g/mol. The molecule has 3 N–H and O–H groups in total. The van der Waals surface area contributed by atoms with Gasteiger partial charge in [0.25, 0.3) is 0 Å². The smallest absolute Gasteiger partial charge is 0.322 e. The van der Waals surface area contributed by atoms with E-state index in [1.807, 2.05) is 24.3 Å². The van der Waals surface area contributed by atoms with Gasteiger partial charge in [-0.25, -0.2) is 4.98 Å². The van der Waals surface area contributed by atoms with Crippen LogP contribution in [0.1, 0.15) is 49.2 Å². The largest absolute Gasteiger partial charge is 0.480 e. The molecule has 1 atom stereocenters. The first kappa shape index (κ1) is 19.0. The minimum atomic E-state index is -1.07. The van der Waals surface area contributed by atoms with Crippen LogP contribution in [-0.4, -0.2) is 33.5 Å². The van der Waals surface area contributed by atoms with Gasteiger partial charge in [-0.2, -0.15) is 0 Å². The van der Waals surface area contributed by atoms with Gasteiger partial charge in [-0.1, -0.05) is 49.6 Å². The zero-order valence-corrected chi connectivity index (χ0v) is 14.8. The van der Waals surface area contributed by atoms with E-state index in [1.165, 1.54) is 0 Å². The fourth-order valence-corrected chi connectivity index (χ4v) is 2.93. The number of aromatic nitrogens is 2. The lowest BCUT2D eigenvalue weighted by atomic mass is 9.93. The fourth-order valence-electron chi connectivity index (χ4n) is 2.66. The minimum Gasteiger partial charge on any atom is -0.480 e. The summed E-state index contributed by atoms with van der Waals surface area (Å²) < 4.78 is 0. The second-order valence-electron chi connectivity index (χ2n) is 5.86. The summed E-state index contributed by atoms with van der Waals surface area (Å²) in [6.07, 6.45) is 4.67. The number of carbonyl (C=O) groups excluding carboxylic acids is 1. The van der Waals surface area contributed by atoms with Crippen molar-refractivity contribution in [1.29, 1.82) is 0 Å². The number of rotatable bonds is 9. The molecule has 0 saturated carbocycles. The number of carboxylic acids is 1. The van der Waals surface area contributed by atoms with Crippen LogP contribution in [0.15, 0.2) is 30.5 Å². The summed E-state index contributed by atoms with van der Waals surface area (Å²) in [6.45, 7) is 1.74. The van der Waals surface area contributed by atoms with E-state index in [-0.39, 0.29) is 18.2 Å². The quantitative estimate of drug-likeness (QED) is 0.637. The van der Waals surface area contributed by atoms with E-state index in [2.05, 4.69) is 22.2 Å². The third kappa shape index (κ3) is 5.60. The maximum absolute atomic E-state index is 11.7. The highest BCUT2D eigenvalue weighted by molar-refractivity contribution is 6.31. The maximum atomic E-state index is 11.7. The van der Waals surface area contributed by atoms with Gasteiger partial charge in [-0.3, -0.25) is 9.59 Å². The SMILES string of the molecule is CCCCC(c1ncc(CC(=O)NCC(=O)O)[nH]1)c1ccccc1Cl. The first-order chi connectivity index (χ1) is 12.0. The average Bonchev–Trinajstić information content (AvgIpc) is 3.03. The first-order valence-corrected chi connectivity index (χ1v) is 8.65. The number of carboxylic acid groups (broad SMARTS) is 1. The van der Waals surface area contributed by atoms with Crippen molar-refractivity contribution < 1.29 is 14.7 Å². The highest BCUT2D eigenvalue weighted by atomic mass is 35.5. The van der Waals surface area contributed by atoms with E-state index in [4.69, 9.17) is 16.7 Å². The summed E-state index contributed by atoms with van der Waals surface area (Å²) in [7, 11) is 0. The Kier molecular flexibility index (Phi) is 7.01. The molecule has 1 aromatic carbocycles. The number of imidazole rings is 1. The van der Waals surface area contributed by atoms with Crippen molar-refractivity contribution in [3.05, 3.63) is 52.6 Å². The van der Waals surface area contributed by atoms with E-state index in [9.17, 15) is 9.59 Å². The molecule has 1 heterocycles. The van der Waals surface area contributed by atoms with E-state index in [1.54, 1.807) is 6.20 Å². The van der Waals surface area contributed by atoms with Gasteiger partial charge in [-0.15, -0.1) is 0 Å². The summed E-state index contributed by atoms with van der Waals surface area (Å²) >= 11 is 6.35. The molecule has 6 nitrogen and oxygen atoms in total. The van der Waals surface area contributed by atoms with E-state index >= 15 is 0 Å². The van der Waals surface area contributed by atoms with E-state index in [0.29, 0.717) is 10.7 Å². The monoisotopic (exact) mass is 363 g/mol. The summed E-state index contributed by atoms with van der Waals surface area (Å²) in [6, 6.07) is 7.69. The molecule has 0 aliphatic rings. The van der Waals surface area contributed by atoms with Crippen LogP contribution < -0.4 is 5.32 Å². The van der Waals surface area contributed by atoms with Crippen molar-refractivity contribution >= 4 is 23.5 Å². The number of nitrogens with one attached hydrogen (secondary N) is 2. The summed E-state index contributed by atoms with van der Waals surface area (Å²) in [5.74, 6) is -0.635. The number of benzene rings is 1. The van der Waals surface area contributed by atoms with Gasteiger partial charge in [0.2, 0.25) is 5.91 Å². The molecule has 0 bridgehead atoms. The lowest BCUT2D eigenvalue weighted by Crippen LogP contribution is -2.30. The van der Waals surface area contributed by atoms with E-state index in [0.717, 1.165) is 30.7 Å². The van der Waals surface area contributed by atoms with E-state index < -0.39 is 12.5 Å². The molecule has 25 heavy (non-hydrogen) atoms. The minimum absolute atomic E-state index is 0.0319. The molecule has 0 saturated heterocycles. The second-order valence-corrected chi connectivity index (χ2v) is 6.26. The summed E-state index contributed by atoms with van der Waals surface area (Å²) in [5.41, 5.74) is 1.65. The lowest BCUT2D eigenvalue weighted by Gasteiger charge is -2.16. The van der Waals surface area contributed by atoms with Gasteiger partial charge >= 0.3 is 5.97 Å². The highest BCUT2D eigenvalue weighted by Crippen LogP contribution is 2.32. The maximum Gasteiger partial charge on any atom is 0.322 e. The number of nitrogens with zero attached hydrogens (tertiary/aromatic N) is 1. The molecule has 1 unspecified atom stereocenters. The molecule has 0 aliphatic carbocycles. The Morgan fingerprint density at radius 3 is 2.80 bits per heavy atom. The molecule has 134 valence electrons. The molecule has 0 spiro atoms. The molecular formula is C18H22ClN3O3. The molecule has 2 aromatic rings. The molecule has 1 aromatic heterocycles. The predicted molar refractivity (Wildman–Crippen MR) is 95.8 cm³/mol. The van der Waals surface area contributed by atoms with Crippen molar-refractivity contribution in [2.24, 2.45) is 0 Å². The van der Waals surface area contributed by atoms with Crippen LogP contribution in [-0.2, 0) is 16.0 Å². The number of halogens is 1. The van der Waals surface area contributed by atoms with Crippen molar-refractivity contribution in [1.82, 2.24) is 15.3 Å². The number of unbranched alkanes of at least 4 members (excludes halogenated alkanes) is 1. The predicted octanol–water partition coefficient (Wildman–Crippen LogP) is 3.13. The van der Waals surface area contributed by atoms with Gasteiger partial charge in [0.1, 0.15) is 12.4 Å². The fraction of sp³-hybridized carbons (Fsp3) is 0.389. The van der Waals surface area contributed by atoms with Gasteiger partial charge in [0.15, 0.2) is 0 Å². The van der Waals surface area contributed by atoms with Gasteiger partial charge in [0.05, 0.1) is 6.42 Å². The van der Waals surface area contributed by atoms with Crippen LogP contribution in [0.5, 0.6) is 0 Å². The number of H-pyrrole nitrogens is 1. The first-order valence-electron chi connectivity index (χ1n) is 8.28. The number of aromatic amines is 1. The Balaban J connectivity index is 2.14. The third-order valence-corrected chi connectivity index (χ3v) is 4.24. The number of hydrogen-bond acceptors (Lipinski definition) is 3. The van der Waals surface area contributed by atoms with Crippen molar-refractivity contribution in [3.63, 3.8) is 0 Å².